The molecule has 2 nitrogen and oxygen atoms in total. The van der Waals surface area contributed by atoms with Gasteiger partial charge in [0.15, 0.2) is 0 Å². The van der Waals surface area contributed by atoms with Crippen LogP contribution in [0.3, 0.4) is 0 Å². The molecule has 0 aliphatic heterocycles. The van der Waals surface area contributed by atoms with Crippen molar-refractivity contribution in [3.8, 4) is 27.9 Å². The van der Waals surface area contributed by atoms with Crippen LogP contribution in [0.25, 0.3) is 69.9 Å². The van der Waals surface area contributed by atoms with E-state index in [9.17, 15) is 0 Å². The molecule has 0 radical (unpaired) electrons. The van der Waals surface area contributed by atoms with Gasteiger partial charge in [-0.2, -0.15) is 0 Å². The van der Waals surface area contributed by atoms with Gasteiger partial charge in [-0.1, -0.05) is 129 Å². The summed E-state index contributed by atoms with van der Waals surface area (Å²) in [7, 11) is 0. The zero-order chi connectivity index (χ0) is 36.0. The van der Waals surface area contributed by atoms with Crippen LogP contribution in [0.1, 0.15) is 25.0 Å². The van der Waals surface area contributed by atoms with Crippen molar-refractivity contribution in [3.05, 3.63) is 193 Å². The van der Waals surface area contributed by atoms with Crippen molar-refractivity contribution in [1.29, 1.82) is 0 Å². The van der Waals surface area contributed by atoms with Crippen molar-refractivity contribution in [1.82, 2.24) is 4.57 Å². The Labute approximate surface area is 318 Å². The second-order valence-corrected chi connectivity index (χ2v) is 16.0. The molecule has 0 N–H and O–H groups in total. The van der Waals surface area contributed by atoms with Gasteiger partial charge in [-0.05, 0) is 100 Å². The Morgan fingerprint density at radius 2 is 1.11 bits per heavy atom. The van der Waals surface area contributed by atoms with Crippen LogP contribution in [0.15, 0.2) is 182 Å². The largest absolute Gasteiger partial charge is 0.310 e. The second-order valence-electron chi connectivity index (χ2n) is 15.0. The smallest absolute Gasteiger partial charge is 0.0555 e. The average molecular weight is 709 g/mol. The lowest BCUT2D eigenvalue weighted by Gasteiger charge is -2.28. The zero-order valence-corrected chi connectivity index (χ0v) is 30.9. The molecule has 11 rings (SSSR count). The van der Waals surface area contributed by atoms with E-state index in [-0.39, 0.29) is 5.41 Å². The predicted octanol–water partition coefficient (Wildman–Crippen LogP) is 14.6. The average Bonchev–Trinajstić information content (AvgIpc) is 3.84. The number of benzene rings is 8. The zero-order valence-electron chi connectivity index (χ0n) is 30.1. The molecular formula is C51H36N2S. The van der Waals surface area contributed by atoms with Crippen molar-refractivity contribution in [2.24, 2.45) is 0 Å². The normalized spacial score (nSPS) is 13.1. The summed E-state index contributed by atoms with van der Waals surface area (Å²) >= 11 is 1.90. The molecule has 2 heterocycles. The maximum atomic E-state index is 2.44. The second kappa shape index (κ2) is 11.8. The molecule has 0 saturated carbocycles. The fraction of sp³-hybridized carbons (Fsp3) is 0.0588. The third-order valence-corrected chi connectivity index (χ3v) is 12.8. The lowest BCUT2D eigenvalue weighted by Crippen LogP contribution is -2.16. The van der Waals surface area contributed by atoms with Crippen molar-refractivity contribution < 1.29 is 0 Å². The lowest BCUT2D eigenvalue weighted by molar-refractivity contribution is 0.660. The molecule has 1 aliphatic rings. The number of para-hydroxylation sites is 2. The van der Waals surface area contributed by atoms with Crippen LogP contribution in [-0.4, -0.2) is 4.57 Å². The van der Waals surface area contributed by atoms with Gasteiger partial charge in [-0.15, -0.1) is 11.3 Å². The highest BCUT2D eigenvalue weighted by Crippen LogP contribution is 2.51. The van der Waals surface area contributed by atoms with Gasteiger partial charge in [0.2, 0.25) is 0 Å². The SMILES string of the molecule is CC1(C)c2ccccc2-c2ccc(N(c3ccc(-c4ccccc4)cc3)c3ccc4sc5c(ccc6c5c5ccccc5n6-c5ccccc5)c4c3)cc21. The number of fused-ring (bicyclic) bond motifs is 10. The van der Waals surface area contributed by atoms with Gasteiger partial charge in [0.1, 0.15) is 0 Å². The lowest BCUT2D eigenvalue weighted by atomic mass is 9.82. The van der Waals surface area contributed by atoms with Gasteiger partial charge < -0.3 is 9.47 Å². The van der Waals surface area contributed by atoms with Gasteiger partial charge in [-0.25, -0.2) is 0 Å². The third kappa shape index (κ3) is 4.58. The Kier molecular flexibility index (Phi) is 6.80. The van der Waals surface area contributed by atoms with Gasteiger partial charge in [0, 0.05) is 59.1 Å². The van der Waals surface area contributed by atoms with Crippen molar-refractivity contribution >= 4 is 70.4 Å². The molecule has 0 amide bonds. The molecule has 256 valence electrons. The van der Waals surface area contributed by atoms with E-state index in [1.54, 1.807) is 0 Å². The number of aromatic nitrogens is 1. The molecule has 1 aliphatic carbocycles. The predicted molar refractivity (Wildman–Crippen MR) is 231 cm³/mol. The fourth-order valence-electron chi connectivity index (χ4n) is 8.98. The summed E-state index contributed by atoms with van der Waals surface area (Å²) in [6.07, 6.45) is 0. The van der Waals surface area contributed by atoms with Crippen LogP contribution < -0.4 is 4.90 Å². The molecule has 54 heavy (non-hydrogen) atoms. The molecule has 10 aromatic rings. The Morgan fingerprint density at radius 1 is 0.463 bits per heavy atom. The van der Waals surface area contributed by atoms with Crippen molar-refractivity contribution in [2.45, 2.75) is 19.3 Å². The Morgan fingerprint density at radius 3 is 1.94 bits per heavy atom. The number of thiophene rings is 1. The van der Waals surface area contributed by atoms with Gasteiger partial charge in [0.25, 0.3) is 0 Å². The summed E-state index contributed by atoms with van der Waals surface area (Å²) in [5.41, 5.74) is 14.9. The van der Waals surface area contributed by atoms with Crippen LogP contribution >= 0.6 is 11.3 Å². The Bertz CT molecular complexity index is 3060. The summed E-state index contributed by atoms with van der Waals surface area (Å²) in [5, 5.41) is 5.19. The Balaban J connectivity index is 1.11. The first-order chi connectivity index (χ1) is 26.5. The highest BCUT2D eigenvalue weighted by molar-refractivity contribution is 7.26. The van der Waals surface area contributed by atoms with E-state index in [2.05, 4.69) is 205 Å². The molecule has 3 heteroatoms. The molecule has 0 bridgehead atoms. The molecule has 0 saturated heterocycles. The van der Waals surface area contributed by atoms with Crippen LogP contribution in [-0.2, 0) is 5.41 Å². The minimum Gasteiger partial charge on any atom is -0.310 e. The summed E-state index contributed by atoms with van der Waals surface area (Å²) < 4.78 is 5.04. The number of anilines is 3. The molecule has 0 atom stereocenters. The third-order valence-electron chi connectivity index (χ3n) is 11.6. The van der Waals surface area contributed by atoms with E-state index < -0.39 is 0 Å². The first kappa shape index (κ1) is 31.1. The summed E-state index contributed by atoms with van der Waals surface area (Å²) in [6.45, 7) is 4.72. The van der Waals surface area contributed by atoms with Crippen molar-refractivity contribution in [2.75, 3.05) is 4.90 Å². The van der Waals surface area contributed by atoms with E-state index in [1.165, 1.54) is 81.0 Å². The number of hydrogen-bond donors (Lipinski definition) is 0. The first-order valence-corrected chi connectivity index (χ1v) is 19.5. The van der Waals surface area contributed by atoms with Crippen LogP contribution in [0.4, 0.5) is 17.1 Å². The quantitative estimate of drug-likeness (QED) is 0.173. The summed E-state index contributed by atoms with van der Waals surface area (Å²) in [5.74, 6) is 0. The number of nitrogens with zero attached hydrogens (tertiary/aromatic N) is 2. The van der Waals surface area contributed by atoms with E-state index >= 15 is 0 Å². The van der Waals surface area contributed by atoms with Gasteiger partial charge >= 0.3 is 0 Å². The molecule has 0 unspecified atom stereocenters. The molecule has 0 spiro atoms. The van der Waals surface area contributed by atoms with E-state index in [1.807, 2.05) is 11.3 Å². The summed E-state index contributed by atoms with van der Waals surface area (Å²) in [4.78, 5) is 2.44. The van der Waals surface area contributed by atoms with E-state index in [0.717, 1.165) is 17.1 Å². The highest BCUT2D eigenvalue weighted by atomic mass is 32.1. The highest BCUT2D eigenvalue weighted by Gasteiger charge is 2.35. The Hall–Kier alpha value is -6.42. The van der Waals surface area contributed by atoms with E-state index in [4.69, 9.17) is 0 Å². The van der Waals surface area contributed by atoms with Crippen LogP contribution in [0.5, 0.6) is 0 Å². The van der Waals surface area contributed by atoms with Crippen LogP contribution in [0, 0.1) is 0 Å². The molecule has 0 fully saturated rings. The topological polar surface area (TPSA) is 8.17 Å². The number of rotatable bonds is 5. The van der Waals surface area contributed by atoms with Crippen LogP contribution in [0.2, 0.25) is 0 Å². The maximum Gasteiger partial charge on any atom is 0.0555 e. The fourth-order valence-corrected chi connectivity index (χ4v) is 10.2. The molecular weight excluding hydrogens is 673 g/mol. The standard InChI is InChI=1S/C51H36N2S/c1-51(2)44-19-11-9-17-39(44)40-27-25-38(32-45(40)51)52(36-23-21-34(22-24-36)33-13-5-3-6-14-33)37-26-30-48-43(31-37)41-28-29-47-49(50(41)54-48)42-18-10-12-20-46(42)53(47)35-15-7-4-8-16-35/h3-32H,1-2H3. The molecule has 8 aromatic carbocycles. The minimum atomic E-state index is -0.0947. The first-order valence-electron chi connectivity index (χ1n) is 18.7. The number of hydrogen-bond acceptors (Lipinski definition) is 2. The molecule has 2 aromatic heterocycles. The van der Waals surface area contributed by atoms with Gasteiger partial charge in [-0.3, -0.25) is 0 Å². The maximum absolute atomic E-state index is 2.44. The van der Waals surface area contributed by atoms with Gasteiger partial charge in [0.05, 0.1) is 11.0 Å². The summed E-state index contributed by atoms with van der Waals surface area (Å²) in [6, 6.07) is 66.9. The monoisotopic (exact) mass is 708 g/mol. The van der Waals surface area contributed by atoms with E-state index in [0.29, 0.717) is 0 Å². The van der Waals surface area contributed by atoms with Crippen molar-refractivity contribution in [3.63, 3.8) is 0 Å². The minimum absolute atomic E-state index is 0.0947.